The van der Waals surface area contributed by atoms with E-state index in [0.29, 0.717) is 12.2 Å². The van der Waals surface area contributed by atoms with E-state index in [1.54, 1.807) is 0 Å². The van der Waals surface area contributed by atoms with Gasteiger partial charge in [-0.05, 0) is 13.0 Å². The first-order valence-corrected chi connectivity index (χ1v) is 3.91. The fourth-order valence-corrected chi connectivity index (χ4v) is 1.56. The van der Waals surface area contributed by atoms with Gasteiger partial charge in [-0.25, -0.2) is 0 Å². The molecule has 0 aromatic rings. The number of nitrogens with one attached hydrogen (secondary N) is 1. The maximum absolute atomic E-state index is 5.52. The lowest BCUT2D eigenvalue weighted by molar-refractivity contribution is -0.148. The molecule has 3 nitrogen and oxygen atoms in total. The van der Waals surface area contributed by atoms with Crippen LogP contribution in [-0.4, -0.2) is 38.5 Å². The lowest BCUT2D eigenvalue weighted by Crippen LogP contribution is -2.50. The van der Waals surface area contributed by atoms with Gasteiger partial charge in [0.15, 0.2) is 0 Å². The molecule has 66 valence electrons. The fraction of sp³-hybridized carbons (Fsp3) is 1.00. The summed E-state index contributed by atoms with van der Waals surface area (Å²) in [7, 11) is 0. The number of rotatable bonds is 0. The first-order chi connectivity index (χ1) is 4.97. The Kier molecular flexibility index (Phi) is 3.59. The highest BCUT2D eigenvalue weighted by Gasteiger charge is 2.28. The second-order valence-electron chi connectivity index (χ2n) is 2.81. The quantitative estimate of drug-likeness (QED) is 0.576. The molecule has 0 aliphatic carbocycles. The Hall–Kier alpha value is 0.170. The van der Waals surface area contributed by atoms with Crippen molar-refractivity contribution in [1.29, 1.82) is 0 Å². The zero-order valence-electron chi connectivity index (χ0n) is 6.41. The molecule has 0 amide bonds. The highest BCUT2D eigenvalue weighted by Crippen LogP contribution is 2.15. The number of hydrogen-bond acceptors (Lipinski definition) is 3. The summed E-state index contributed by atoms with van der Waals surface area (Å²) in [6, 6.07) is 0. The molecule has 0 unspecified atom stereocenters. The van der Waals surface area contributed by atoms with Gasteiger partial charge in [-0.15, -0.1) is 12.4 Å². The molecule has 2 atom stereocenters. The largest absolute Gasteiger partial charge is 0.373 e. The molecule has 2 heterocycles. The molecule has 0 aromatic heterocycles. The van der Waals surface area contributed by atoms with Crippen LogP contribution in [0.1, 0.15) is 6.42 Å². The van der Waals surface area contributed by atoms with Crippen LogP contribution in [0.4, 0.5) is 0 Å². The van der Waals surface area contributed by atoms with E-state index in [4.69, 9.17) is 9.47 Å². The monoisotopic (exact) mass is 179 g/mol. The Morgan fingerprint density at radius 1 is 1.09 bits per heavy atom. The molecule has 0 saturated carbocycles. The van der Waals surface area contributed by atoms with Crippen LogP contribution in [0, 0.1) is 0 Å². The van der Waals surface area contributed by atoms with Gasteiger partial charge in [-0.1, -0.05) is 0 Å². The van der Waals surface area contributed by atoms with E-state index in [0.717, 1.165) is 32.7 Å². The molecule has 4 heteroatoms. The third-order valence-electron chi connectivity index (χ3n) is 2.11. The van der Waals surface area contributed by atoms with Gasteiger partial charge in [0, 0.05) is 6.54 Å². The lowest BCUT2D eigenvalue weighted by Gasteiger charge is -2.35. The average molecular weight is 180 g/mol. The van der Waals surface area contributed by atoms with Gasteiger partial charge in [-0.3, -0.25) is 0 Å². The summed E-state index contributed by atoms with van der Waals surface area (Å²) in [5, 5.41) is 3.28. The Labute approximate surface area is 72.8 Å². The van der Waals surface area contributed by atoms with Crippen molar-refractivity contribution in [1.82, 2.24) is 5.32 Å². The molecule has 0 radical (unpaired) electrons. The number of fused-ring (bicyclic) bond motifs is 1. The summed E-state index contributed by atoms with van der Waals surface area (Å²) in [6.45, 7) is 3.58. The van der Waals surface area contributed by atoms with Crippen LogP contribution < -0.4 is 5.32 Å². The second-order valence-corrected chi connectivity index (χ2v) is 2.81. The van der Waals surface area contributed by atoms with Gasteiger partial charge >= 0.3 is 0 Å². The van der Waals surface area contributed by atoms with E-state index in [1.165, 1.54) is 0 Å². The zero-order valence-corrected chi connectivity index (χ0v) is 7.23. The van der Waals surface area contributed by atoms with E-state index in [2.05, 4.69) is 5.32 Å². The molecule has 0 bridgehead atoms. The Balaban J connectivity index is 0.000000605. The normalized spacial score (nSPS) is 37.1. The van der Waals surface area contributed by atoms with Crippen molar-refractivity contribution in [3.05, 3.63) is 0 Å². The van der Waals surface area contributed by atoms with E-state index < -0.39 is 0 Å². The Morgan fingerprint density at radius 3 is 2.55 bits per heavy atom. The predicted octanol–water partition coefficient (Wildman–Crippen LogP) is 0.185. The predicted molar refractivity (Wildman–Crippen MR) is 44.2 cm³/mol. The fourth-order valence-electron chi connectivity index (χ4n) is 1.56. The van der Waals surface area contributed by atoms with Crippen molar-refractivity contribution in [2.24, 2.45) is 0 Å². The molecule has 0 spiro atoms. The maximum Gasteiger partial charge on any atom is 0.0962 e. The van der Waals surface area contributed by atoms with Crippen LogP contribution in [0.15, 0.2) is 0 Å². The van der Waals surface area contributed by atoms with Crippen LogP contribution in [0.25, 0.3) is 0 Å². The van der Waals surface area contributed by atoms with Crippen LogP contribution in [0.5, 0.6) is 0 Å². The molecule has 11 heavy (non-hydrogen) atoms. The highest BCUT2D eigenvalue weighted by molar-refractivity contribution is 5.85. The molecule has 2 aliphatic rings. The Morgan fingerprint density at radius 2 is 1.82 bits per heavy atom. The van der Waals surface area contributed by atoms with Gasteiger partial charge in [-0.2, -0.15) is 0 Å². The van der Waals surface area contributed by atoms with Crippen LogP contribution in [0.2, 0.25) is 0 Å². The minimum atomic E-state index is 0. The summed E-state index contributed by atoms with van der Waals surface area (Å²) in [4.78, 5) is 0. The van der Waals surface area contributed by atoms with Crippen molar-refractivity contribution in [3.8, 4) is 0 Å². The Bertz CT molecular complexity index is 97.0. The molecule has 2 aliphatic heterocycles. The van der Waals surface area contributed by atoms with Crippen molar-refractivity contribution in [3.63, 3.8) is 0 Å². The van der Waals surface area contributed by atoms with Crippen LogP contribution in [-0.2, 0) is 9.47 Å². The summed E-state index contributed by atoms with van der Waals surface area (Å²) in [5.74, 6) is 0. The topological polar surface area (TPSA) is 30.5 Å². The SMILES string of the molecule is C1C[C@@H]2OCCO[C@H]2CN1.Cl. The second kappa shape index (κ2) is 4.26. The van der Waals surface area contributed by atoms with Gasteiger partial charge < -0.3 is 14.8 Å². The van der Waals surface area contributed by atoms with Crippen molar-refractivity contribution < 1.29 is 9.47 Å². The summed E-state index contributed by atoms with van der Waals surface area (Å²) in [5.41, 5.74) is 0. The minimum absolute atomic E-state index is 0. The van der Waals surface area contributed by atoms with Gasteiger partial charge in [0.2, 0.25) is 0 Å². The molecular formula is C7H14ClNO2. The first kappa shape index (κ1) is 9.26. The van der Waals surface area contributed by atoms with Gasteiger partial charge in [0.25, 0.3) is 0 Å². The van der Waals surface area contributed by atoms with Crippen molar-refractivity contribution in [2.45, 2.75) is 18.6 Å². The smallest absolute Gasteiger partial charge is 0.0962 e. The number of ether oxygens (including phenoxy) is 2. The summed E-state index contributed by atoms with van der Waals surface area (Å²) in [6.07, 6.45) is 1.79. The minimum Gasteiger partial charge on any atom is -0.373 e. The van der Waals surface area contributed by atoms with E-state index in [9.17, 15) is 0 Å². The van der Waals surface area contributed by atoms with Crippen molar-refractivity contribution in [2.75, 3.05) is 26.3 Å². The van der Waals surface area contributed by atoms with E-state index >= 15 is 0 Å². The highest BCUT2D eigenvalue weighted by atomic mass is 35.5. The maximum atomic E-state index is 5.52. The standard InChI is InChI=1S/C7H13NO2.ClH/c1-2-8-5-7-6(1)9-3-4-10-7;/h6-8H,1-5H2;1H/t6-,7-;/m0./s1. The van der Waals surface area contributed by atoms with E-state index in [1.807, 2.05) is 0 Å². The summed E-state index contributed by atoms with van der Waals surface area (Å²) >= 11 is 0. The molecule has 1 N–H and O–H groups in total. The van der Waals surface area contributed by atoms with Crippen LogP contribution in [0.3, 0.4) is 0 Å². The molecule has 0 aromatic carbocycles. The van der Waals surface area contributed by atoms with Crippen LogP contribution >= 0.6 is 12.4 Å². The molecule has 2 rings (SSSR count). The third kappa shape index (κ3) is 2.06. The molecule has 2 fully saturated rings. The van der Waals surface area contributed by atoms with Gasteiger partial charge in [0.05, 0.1) is 25.4 Å². The summed E-state index contributed by atoms with van der Waals surface area (Å²) < 4.78 is 11.0. The first-order valence-electron chi connectivity index (χ1n) is 3.91. The lowest BCUT2D eigenvalue weighted by atomic mass is 10.1. The number of hydrogen-bond donors (Lipinski definition) is 1. The molecular weight excluding hydrogens is 166 g/mol. The van der Waals surface area contributed by atoms with Crippen molar-refractivity contribution >= 4 is 12.4 Å². The van der Waals surface area contributed by atoms with E-state index in [-0.39, 0.29) is 12.4 Å². The number of piperidine rings is 1. The zero-order chi connectivity index (χ0) is 6.81. The average Bonchev–Trinajstić information content (AvgIpc) is 2.05. The number of halogens is 1. The third-order valence-corrected chi connectivity index (χ3v) is 2.11. The van der Waals surface area contributed by atoms with Gasteiger partial charge in [0.1, 0.15) is 0 Å². The molecule has 2 saturated heterocycles.